The predicted octanol–water partition coefficient (Wildman–Crippen LogP) is 7.44. The summed E-state index contributed by atoms with van der Waals surface area (Å²) in [6.45, 7) is 8.76. The Balaban J connectivity index is 1.59. The molecule has 208 valence electrons. The Morgan fingerprint density at radius 1 is 0.944 bits per heavy atom. The summed E-state index contributed by atoms with van der Waals surface area (Å²) < 4.78 is 15.1. The normalized spacial score (nSPS) is 34.7. The summed E-state index contributed by atoms with van der Waals surface area (Å²) in [5, 5.41) is 11.4. The second-order valence-electron chi connectivity index (χ2n) is 13.1. The number of aliphatic hydroxyl groups excluding tert-OH is 1. The Labute approximate surface area is 222 Å². The van der Waals surface area contributed by atoms with Gasteiger partial charge in [-0.3, -0.25) is 10.9 Å². The zero-order valence-corrected chi connectivity index (χ0v) is 23.9. The average molecular weight is 505 g/mol. The van der Waals surface area contributed by atoms with Crippen molar-refractivity contribution in [3.8, 4) is 12.3 Å². The first-order valence-corrected chi connectivity index (χ1v) is 15.6. The van der Waals surface area contributed by atoms with Gasteiger partial charge in [0.2, 0.25) is 0 Å². The van der Waals surface area contributed by atoms with Gasteiger partial charge >= 0.3 is 0 Å². The number of aliphatic hydroxyl groups is 1. The number of nitrogens with one attached hydrogen (secondary N) is 2. The lowest BCUT2D eigenvalue weighted by Crippen LogP contribution is -2.47. The van der Waals surface area contributed by atoms with Crippen molar-refractivity contribution in [2.75, 3.05) is 0 Å². The van der Waals surface area contributed by atoms with Crippen molar-refractivity contribution in [1.29, 1.82) is 0 Å². The molecule has 36 heavy (non-hydrogen) atoms. The first-order valence-electron chi connectivity index (χ1n) is 15.6. The third-order valence-corrected chi connectivity index (χ3v) is 10.2. The van der Waals surface area contributed by atoms with E-state index in [1.165, 1.54) is 44.9 Å². The Bertz CT molecular complexity index is 647. The van der Waals surface area contributed by atoms with E-state index < -0.39 is 12.3 Å². The molecule has 0 radical (unpaired) electrons. The summed E-state index contributed by atoms with van der Waals surface area (Å²) in [7, 11) is 0. The Hall–Kier alpha value is -0.630. The maximum absolute atomic E-state index is 15.1. The average Bonchev–Trinajstić information content (AvgIpc) is 3.11. The molecule has 0 bridgehead atoms. The molecule has 3 nitrogen and oxygen atoms in total. The molecule has 10 atom stereocenters. The molecule has 3 N–H and O–H groups in total. The Morgan fingerprint density at radius 2 is 1.72 bits per heavy atom. The van der Waals surface area contributed by atoms with Gasteiger partial charge in [0.05, 0.1) is 6.10 Å². The summed E-state index contributed by atoms with van der Waals surface area (Å²) in [5.74, 6) is 5.60. The van der Waals surface area contributed by atoms with Gasteiger partial charge in [-0.05, 0) is 113 Å². The fourth-order valence-electron chi connectivity index (χ4n) is 7.92. The van der Waals surface area contributed by atoms with Gasteiger partial charge in [0.25, 0.3) is 0 Å². The van der Waals surface area contributed by atoms with Gasteiger partial charge in [-0.15, -0.1) is 12.3 Å². The molecule has 0 amide bonds. The third-order valence-electron chi connectivity index (χ3n) is 10.2. The minimum atomic E-state index is -0.727. The van der Waals surface area contributed by atoms with Crippen molar-refractivity contribution in [3.63, 3.8) is 0 Å². The quantitative estimate of drug-likeness (QED) is 0.242. The molecule has 2 saturated carbocycles. The van der Waals surface area contributed by atoms with Crippen LogP contribution in [0.1, 0.15) is 124 Å². The summed E-state index contributed by atoms with van der Waals surface area (Å²) >= 11 is 0. The molecule has 1 aliphatic heterocycles. The van der Waals surface area contributed by atoms with E-state index in [2.05, 4.69) is 37.5 Å². The van der Waals surface area contributed by atoms with Gasteiger partial charge in [-0.1, -0.05) is 47.0 Å². The van der Waals surface area contributed by atoms with E-state index in [-0.39, 0.29) is 17.8 Å². The van der Waals surface area contributed by atoms with Crippen LogP contribution in [0.5, 0.6) is 0 Å². The maximum Gasteiger partial charge on any atom is 0.103 e. The van der Waals surface area contributed by atoms with E-state index in [0.29, 0.717) is 36.3 Å². The second-order valence-corrected chi connectivity index (χ2v) is 13.1. The summed E-state index contributed by atoms with van der Waals surface area (Å²) in [5.41, 5.74) is 7.33. The summed E-state index contributed by atoms with van der Waals surface area (Å²) in [4.78, 5) is 0. The highest BCUT2D eigenvalue weighted by molar-refractivity contribution is 5.01. The van der Waals surface area contributed by atoms with Crippen LogP contribution in [0.4, 0.5) is 4.39 Å². The van der Waals surface area contributed by atoms with Crippen molar-refractivity contribution >= 4 is 0 Å². The smallest absolute Gasteiger partial charge is 0.103 e. The third kappa shape index (κ3) is 8.44. The molecule has 1 heterocycles. The van der Waals surface area contributed by atoms with E-state index in [1.54, 1.807) is 0 Å². The van der Waals surface area contributed by atoms with Gasteiger partial charge in [0.1, 0.15) is 6.17 Å². The van der Waals surface area contributed by atoms with Gasteiger partial charge < -0.3 is 5.11 Å². The molecule has 0 aromatic rings. The van der Waals surface area contributed by atoms with Crippen molar-refractivity contribution in [2.24, 2.45) is 41.4 Å². The first kappa shape index (κ1) is 29.9. The Kier molecular flexibility index (Phi) is 12.5. The van der Waals surface area contributed by atoms with Gasteiger partial charge in [-0.25, -0.2) is 4.39 Å². The number of alkyl halides is 1. The lowest BCUT2D eigenvalue weighted by molar-refractivity contribution is -0.00154. The number of hydrogen-bond donors (Lipinski definition) is 3. The lowest BCUT2D eigenvalue weighted by Gasteiger charge is -2.41. The SMILES string of the molecule is C#CC(CC(CC)CC(C)C)C(O)C1CCC(C(F)CC)C(CCC2CCC3CCCCC3NN2)C1. The maximum atomic E-state index is 15.1. The standard InChI is InChI=1S/C32H57FN2O/c1-6-23(19-22(4)5)20-24(7-2)32(36)27-15-18-29(30(33)8-3)26(21-27)14-17-28-16-13-25-11-9-10-12-31(25)35-34-28/h2,22-32,34-36H,6,8-21H2,1,3-5H3. The number of fused-ring (bicyclic) bond motifs is 1. The second kappa shape index (κ2) is 15.1. The minimum Gasteiger partial charge on any atom is -0.392 e. The van der Waals surface area contributed by atoms with Crippen LogP contribution in [-0.4, -0.2) is 29.5 Å². The fourth-order valence-corrected chi connectivity index (χ4v) is 7.92. The number of halogens is 1. The molecular formula is C32H57FN2O. The Morgan fingerprint density at radius 3 is 2.42 bits per heavy atom. The van der Waals surface area contributed by atoms with Crippen LogP contribution in [0.15, 0.2) is 0 Å². The van der Waals surface area contributed by atoms with Gasteiger partial charge in [0, 0.05) is 18.0 Å². The molecular weight excluding hydrogens is 447 g/mol. The van der Waals surface area contributed by atoms with Crippen LogP contribution in [0.3, 0.4) is 0 Å². The van der Waals surface area contributed by atoms with E-state index in [4.69, 9.17) is 6.42 Å². The largest absolute Gasteiger partial charge is 0.392 e. The highest BCUT2D eigenvalue weighted by Crippen LogP contribution is 2.43. The van der Waals surface area contributed by atoms with Gasteiger partial charge in [-0.2, -0.15) is 0 Å². The van der Waals surface area contributed by atoms with Gasteiger partial charge in [0.15, 0.2) is 0 Å². The highest BCUT2D eigenvalue weighted by Gasteiger charge is 2.39. The number of hydrazine groups is 1. The summed E-state index contributed by atoms with van der Waals surface area (Å²) in [6.07, 6.45) is 21.4. The van der Waals surface area contributed by atoms with Crippen LogP contribution in [0, 0.1) is 53.8 Å². The molecule has 0 aromatic heterocycles. The number of hydrogen-bond acceptors (Lipinski definition) is 3. The zero-order chi connectivity index (χ0) is 26.1. The topological polar surface area (TPSA) is 44.3 Å². The molecule has 0 aromatic carbocycles. The molecule has 4 heteroatoms. The molecule has 0 spiro atoms. The van der Waals surface area contributed by atoms with Crippen LogP contribution >= 0.6 is 0 Å². The highest BCUT2D eigenvalue weighted by atomic mass is 19.1. The monoisotopic (exact) mass is 504 g/mol. The lowest BCUT2D eigenvalue weighted by atomic mass is 9.66. The van der Waals surface area contributed by atoms with E-state index in [1.807, 2.05) is 6.92 Å². The minimum absolute atomic E-state index is 0.0840. The molecule has 3 aliphatic rings. The van der Waals surface area contributed by atoms with Crippen LogP contribution < -0.4 is 10.9 Å². The zero-order valence-electron chi connectivity index (χ0n) is 23.9. The number of terminal acetylenes is 1. The van der Waals surface area contributed by atoms with Crippen molar-refractivity contribution in [1.82, 2.24) is 10.9 Å². The van der Waals surface area contributed by atoms with E-state index in [9.17, 15) is 5.11 Å². The molecule has 3 rings (SSSR count). The number of rotatable bonds is 12. The van der Waals surface area contributed by atoms with Crippen molar-refractivity contribution in [2.45, 2.75) is 148 Å². The van der Waals surface area contributed by atoms with E-state index >= 15 is 4.39 Å². The van der Waals surface area contributed by atoms with Crippen LogP contribution in [0.2, 0.25) is 0 Å². The van der Waals surface area contributed by atoms with Crippen molar-refractivity contribution < 1.29 is 9.50 Å². The first-order chi connectivity index (χ1) is 17.4. The predicted molar refractivity (Wildman–Crippen MR) is 150 cm³/mol. The fraction of sp³-hybridized carbons (Fsp3) is 0.938. The molecule has 1 saturated heterocycles. The molecule has 10 unspecified atom stereocenters. The van der Waals surface area contributed by atoms with E-state index in [0.717, 1.165) is 50.9 Å². The van der Waals surface area contributed by atoms with Crippen molar-refractivity contribution in [3.05, 3.63) is 0 Å². The molecule has 2 aliphatic carbocycles. The molecule has 3 fully saturated rings. The van der Waals surface area contributed by atoms with Crippen LogP contribution in [-0.2, 0) is 0 Å². The summed E-state index contributed by atoms with van der Waals surface area (Å²) in [6, 6.07) is 1.10. The van der Waals surface area contributed by atoms with Crippen LogP contribution in [0.25, 0.3) is 0 Å².